The predicted molar refractivity (Wildman–Crippen MR) is 150 cm³/mol. The zero-order valence-electron chi connectivity index (χ0n) is 22.9. The van der Waals surface area contributed by atoms with Crippen molar-refractivity contribution in [2.45, 2.75) is 70.6 Å². The molecule has 1 atom stereocenters. The Hall–Kier alpha value is -3.00. The Morgan fingerprint density at radius 3 is 2.50 bits per heavy atom. The largest absolute Gasteiger partial charge is 0.507 e. The average molecular weight is 541 g/mol. The van der Waals surface area contributed by atoms with Crippen LogP contribution in [-0.2, 0) is 16.0 Å². The molecule has 38 heavy (non-hydrogen) atoms. The monoisotopic (exact) mass is 540 g/mol. The summed E-state index contributed by atoms with van der Waals surface area (Å²) >= 11 is 1.09. The minimum atomic E-state index is -0.455. The maximum absolute atomic E-state index is 13.2. The molecule has 7 nitrogen and oxygen atoms in total. The average Bonchev–Trinajstić information content (AvgIpc) is 3.04. The van der Waals surface area contributed by atoms with Gasteiger partial charge in [0.1, 0.15) is 18.0 Å². The summed E-state index contributed by atoms with van der Waals surface area (Å²) < 4.78 is 6.83. The number of nitrogens with one attached hydrogen (secondary N) is 1. The predicted octanol–water partition coefficient (Wildman–Crippen LogP) is 5.71. The van der Waals surface area contributed by atoms with E-state index in [-0.39, 0.29) is 42.0 Å². The van der Waals surface area contributed by atoms with Gasteiger partial charge in [0.25, 0.3) is 0 Å². The van der Waals surface area contributed by atoms with E-state index in [9.17, 15) is 19.5 Å². The second-order valence-corrected chi connectivity index (χ2v) is 11.2. The fraction of sp³-hybridized carbons (Fsp3) is 0.500. The number of aromatic hydroxyl groups is 1. The van der Waals surface area contributed by atoms with Gasteiger partial charge in [0, 0.05) is 11.4 Å². The lowest BCUT2D eigenvalue weighted by Gasteiger charge is -2.22. The van der Waals surface area contributed by atoms with Crippen molar-refractivity contribution in [1.82, 2.24) is 9.62 Å². The second-order valence-electron chi connectivity index (χ2n) is 10.1. The summed E-state index contributed by atoms with van der Waals surface area (Å²) in [6.45, 7) is 5.79. The maximum atomic E-state index is 13.2. The highest BCUT2D eigenvalue weighted by atomic mass is 32.2. The van der Waals surface area contributed by atoms with E-state index in [1.807, 2.05) is 25.1 Å². The number of carbonyl (C=O) groups is 3. The molecule has 2 aliphatic rings. The molecule has 1 heterocycles. The van der Waals surface area contributed by atoms with E-state index in [0.29, 0.717) is 17.1 Å². The Labute approximate surface area is 230 Å². The molecule has 1 aliphatic heterocycles. The van der Waals surface area contributed by atoms with Crippen molar-refractivity contribution in [3.05, 3.63) is 53.1 Å². The van der Waals surface area contributed by atoms with Crippen LogP contribution in [0.2, 0.25) is 0 Å². The fourth-order valence-corrected chi connectivity index (χ4v) is 5.91. The van der Waals surface area contributed by atoms with Gasteiger partial charge in [0.2, 0.25) is 11.8 Å². The van der Waals surface area contributed by atoms with E-state index < -0.39 is 5.92 Å². The first-order valence-electron chi connectivity index (χ1n) is 13.4. The summed E-state index contributed by atoms with van der Waals surface area (Å²) in [7, 11) is 1.59. The Kier molecular flexibility index (Phi) is 11.1. The summed E-state index contributed by atoms with van der Waals surface area (Å²) in [4.78, 5) is 37.7. The topological polar surface area (TPSA) is 95.9 Å². The minimum Gasteiger partial charge on any atom is -0.507 e. The van der Waals surface area contributed by atoms with E-state index in [1.54, 1.807) is 13.2 Å². The van der Waals surface area contributed by atoms with Crippen molar-refractivity contribution in [3.8, 4) is 11.5 Å². The number of carbonyl (C=O) groups excluding carboxylic acids is 3. The number of nitrogens with zero attached hydrogens (tertiary/aromatic N) is 1. The number of rotatable bonds is 7. The number of Topliss-reactive ketones (excluding diaryl/α,β-unsaturated/α-hetero) is 1. The molecule has 0 bridgehead atoms. The lowest BCUT2D eigenvalue weighted by Crippen LogP contribution is -2.33. The van der Waals surface area contributed by atoms with Crippen molar-refractivity contribution >= 4 is 29.5 Å². The molecule has 1 unspecified atom stereocenters. The number of phenols is 1. The van der Waals surface area contributed by atoms with E-state index in [0.717, 1.165) is 29.0 Å². The smallest absolute Gasteiger partial charge is 0.240 e. The third-order valence-corrected chi connectivity index (χ3v) is 8.19. The standard InChI is InChI=1S/C22H24N2O5S.C8H16/c1-13-4-7-20(29-3)15(8-13)9-16-11-23-21(27)12-24(22(16)28)30-17-5-6-19(26)18(10-17)14(2)25;1-2-8-6-4-3-5-7-8/h4-8,10,16,26H,9,11-12H2,1-3H3,(H,23,27);8H,2-7H2,1H3. The number of methoxy groups -OCH3 is 1. The number of hydrogen-bond acceptors (Lipinski definition) is 6. The highest BCUT2D eigenvalue weighted by Gasteiger charge is 2.32. The molecule has 2 amide bonds. The molecule has 1 saturated carbocycles. The first-order valence-corrected chi connectivity index (χ1v) is 14.2. The number of phenolic OH excluding ortho intramolecular Hbond substituents is 1. The zero-order valence-corrected chi connectivity index (χ0v) is 23.7. The fourth-order valence-electron chi connectivity index (χ4n) is 4.94. The molecule has 0 spiro atoms. The molecular weight excluding hydrogens is 500 g/mol. The van der Waals surface area contributed by atoms with Gasteiger partial charge in [-0.15, -0.1) is 0 Å². The molecule has 2 aromatic rings. The minimum absolute atomic E-state index is 0.0960. The molecule has 0 radical (unpaired) electrons. The number of amides is 2. The summed E-state index contributed by atoms with van der Waals surface area (Å²) in [5.41, 5.74) is 2.14. The number of aryl methyl sites for hydroxylation is 1. The van der Waals surface area contributed by atoms with E-state index in [2.05, 4.69) is 12.2 Å². The molecule has 206 valence electrons. The van der Waals surface area contributed by atoms with Crippen molar-refractivity contribution in [2.24, 2.45) is 11.8 Å². The van der Waals surface area contributed by atoms with Crippen LogP contribution in [0.3, 0.4) is 0 Å². The summed E-state index contributed by atoms with van der Waals surface area (Å²) in [5, 5.41) is 12.6. The lowest BCUT2D eigenvalue weighted by atomic mass is 9.88. The number of ketones is 1. The van der Waals surface area contributed by atoms with Gasteiger partial charge in [-0.25, -0.2) is 0 Å². The van der Waals surface area contributed by atoms with Gasteiger partial charge >= 0.3 is 0 Å². The molecule has 2 aromatic carbocycles. The van der Waals surface area contributed by atoms with Gasteiger partial charge in [0.05, 0.1) is 18.6 Å². The van der Waals surface area contributed by atoms with Crippen LogP contribution >= 0.6 is 11.9 Å². The third kappa shape index (κ3) is 8.25. The van der Waals surface area contributed by atoms with Gasteiger partial charge in [-0.05, 0) is 68.0 Å². The van der Waals surface area contributed by atoms with Crippen LogP contribution in [0.15, 0.2) is 41.3 Å². The van der Waals surface area contributed by atoms with Crippen molar-refractivity contribution in [1.29, 1.82) is 0 Å². The lowest BCUT2D eigenvalue weighted by molar-refractivity contribution is -0.131. The zero-order chi connectivity index (χ0) is 27.7. The highest BCUT2D eigenvalue weighted by molar-refractivity contribution is 7.97. The second kappa shape index (κ2) is 14.2. The molecule has 1 aliphatic carbocycles. The number of ether oxygens (including phenoxy) is 1. The Balaban J connectivity index is 0.000000427. The van der Waals surface area contributed by atoms with Crippen LogP contribution < -0.4 is 10.1 Å². The summed E-state index contributed by atoms with van der Waals surface area (Å²) in [6.07, 6.45) is 9.36. The Bertz CT molecular complexity index is 1130. The number of hydrogen-bond donors (Lipinski definition) is 2. The van der Waals surface area contributed by atoms with Crippen LogP contribution in [0.25, 0.3) is 0 Å². The normalized spacial score (nSPS) is 18.2. The maximum Gasteiger partial charge on any atom is 0.240 e. The Morgan fingerprint density at radius 2 is 1.87 bits per heavy atom. The van der Waals surface area contributed by atoms with E-state index >= 15 is 0 Å². The summed E-state index contributed by atoms with van der Waals surface area (Å²) in [5.74, 6) is 0.510. The Morgan fingerprint density at radius 1 is 1.13 bits per heavy atom. The molecule has 2 fully saturated rings. The number of benzene rings is 2. The quantitative estimate of drug-likeness (QED) is 0.345. The van der Waals surface area contributed by atoms with Crippen LogP contribution in [0.4, 0.5) is 0 Å². The first kappa shape index (κ1) is 29.6. The van der Waals surface area contributed by atoms with Gasteiger partial charge in [0.15, 0.2) is 5.78 Å². The van der Waals surface area contributed by atoms with Gasteiger partial charge < -0.3 is 15.2 Å². The van der Waals surface area contributed by atoms with Gasteiger partial charge in [-0.2, -0.15) is 0 Å². The molecule has 1 saturated heterocycles. The summed E-state index contributed by atoms with van der Waals surface area (Å²) in [6, 6.07) is 10.3. The van der Waals surface area contributed by atoms with Gasteiger partial charge in [-0.1, -0.05) is 63.1 Å². The molecule has 0 aromatic heterocycles. The van der Waals surface area contributed by atoms with Crippen molar-refractivity contribution in [2.75, 3.05) is 20.2 Å². The molecular formula is C30H40N2O5S. The molecule has 2 N–H and O–H groups in total. The van der Waals surface area contributed by atoms with Crippen molar-refractivity contribution < 1.29 is 24.2 Å². The first-order chi connectivity index (χ1) is 18.2. The van der Waals surface area contributed by atoms with Crippen LogP contribution in [-0.4, -0.2) is 47.2 Å². The van der Waals surface area contributed by atoms with E-state index in [4.69, 9.17) is 4.74 Å². The third-order valence-electron chi connectivity index (χ3n) is 7.20. The van der Waals surface area contributed by atoms with E-state index in [1.165, 1.54) is 61.9 Å². The molecule has 8 heteroatoms. The van der Waals surface area contributed by atoms with Crippen LogP contribution in [0.1, 0.15) is 73.9 Å². The molecule has 4 rings (SSSR count). The van der Waals surface area contributed by atoms with Gasteiger partial charge in [-0.3, -0.25) is 18.7 Å². The highest BCUT2D eigenvalue weighted by Crippen LogP contribution is 2.31. The van der Waals surface area contributed by atoms with Crippen LogP contribution in [0.5, 0.6) is 11.5 Å². The SMILES string of the molecule is CCC1CCCCC1.COc1ccc(C)cc1CC1CNC(=O)CN(Sc2ccc(O)c(C(C)=O)c2)C1=O. The van der Waals surface area contributed by atoms with Crippen molar-refractivity contribution in [3.63, 3.8) is 0 Å². The van der Waals surface area contributed by atoms with Crippen LogP contribution in [0, 0.1) is 18.8 Å².